The molecule has 13 aromatic rings. The predicted molar refractivity (Wildman–Crippen MR) is 292 cm³/mol. The normalized spacial score (nSPS) is 11.5. The molecule has 0 heteroatoms. The molecular weight excluding hydrogens is 817 g/mol. The van der Waals surface area contributed by atoms with E-state index < -0.39 is 0 Å². The summed E-state index contributed by atoms with van der Waals surface area (Å²) in [5.41, 5.74) is 16.9. The summed E-state index contributed by atoms with van der Waals surface area (Å²) in [7, 11) is 0. The lowest BCUT2D eigenvalue weighted by atomic mass is 9.82. The van der Waals surface area contributed by atoms with Gasteiger partial charge in [0.25, 0.3) is 0 Å². The molecule has 0 N–H and O–H groups in total. The fourth-order valence-electron chi connectivity index (χ4n) is 10.8. The van der Waals surface area contributed by atoms with Crippen molar-refractivity contribution in [2.24, 2.45) is 0 Å². The molecule has 0 amide bonds. The van der Waals surface area contributed by atoms with Crippen LogP contribution in [0.4, 0.5) is 0 Å². The van der Waals surface area contributed by atoms with Gasteiger partial charge in [-0.3, -0.25) is 0 Å². The Balaban J connectivity index is 1.03. The minimum absolute atomic E-state index is 1.17. The number of fused-ring (bicyclic) bond motifs is 7. The van der Waals surface area contributed by atoms with Crippen molar-refractivity contribution >= 4 is 53.9 Å². The van der Waals surface area contributed by atoms with Gasteiger partial charge in [0.1, 0.15) is 0 Å². The second-order valence-electron chi connectivity index (χ2n) is 18.0. The van der Waals surface area contributed by atoms with E-state index in [2.05, 4.69) is 267 Å². The van der Waals surface area contributed by atoms with Crippen LogP contribution in [0.15, 0.2) is 267 Å². The van der Waals surface area contributed by atoms with Gasteiger partial charge in [0, 0.05) is 0 Å². The standard InChI is InChI=1S/C68H44/c1-4-19-45(20-5-1)52-38-53(46-21-6-2-7-22-46)40-55(39-52)49-26-18-27-50(37-49)56-41-54(47-23-8-3-9-24-47)42-57(43-56)67-61-31-14-16-33-63(61)68(64-34-17-15-32-62(64)67)65-44-51-36-35-48-25-10-11-28-58(48)66(51)60-30-13-12-29-59(60)65/h1-44H. The van der Waals surface area contributed by atoms with Crippen molar-refractivity contribution in [1.29, 1.82) is 0 Å². The minimum atomic E-state index is 1.17. The molecule has 0 aromatic heterocycles. The van der Waals surface area contributed by atoms with Crippen molar-refractivity contribution in [3.8, 4) is 77.9 Å². The van der Waals surface area contributed by atoms with Gasteiger partial charge < -0.3 is 0 Å². The zero-order valence-electron chi connectivity index (χ0n) is 37.4. The second kappa shape index (κ2) is 16.5. The molecule has 13 aromatic carbocycles. The molecule has 0 spiro atoms. The van der Waals surface area contributed by atoms with Crippen LogP contribution in [0, 0.1) is 0 Å². The van der Waals surface area contributed by atoms with Crippen molar-refractivity contribution in [2.45, 2.75) is 0 Å². The number of benzene rings is 13. The van der Waals surface area contributed by atoms with E-state index in [0.29, 0.717) is 0 Å². The Morgan fingerprint density at radius 3 is 1.00 bits per heavy atom. The van der Waals surface area contributed by atoms with E-state index in [4.69, 9.17) is 0 Å². The molecule has 0 unspecified atom stereocenters. The Hall–Kier alpha value is -8.84. The lowest BCUT2D eigenvalue weighted by Crippen LogP contribution is -1.93. The topological polar surface area (TPSA) is 0 Å². The molecule has 0 nitrogen and oxygen atoms in total. The van der Waals surface area contributed by atoms with E-state index in [1.807, 2.05) is 0 Å². The Labute approximate surface area is 396 Å². The Morgan fingerprint density at radius 1 is 0.162 bits per heavy atom. The highest BCUT2D eigenvalue weighted by molar-refractivity contribution is 6.28. The minimum Gasteiger partial charge on any atom is -0.0622 e. The Kier molecular flexibility index (Phi) is 9.62. The second-order valence-corrected chi connectivity index (χ2v) is 18.0. The third-order valence-electron chi connectivity index (χ3n) is 14.0. The summed E-state index contributed by atoms with van der Waals surface area (Å²) in [6, 6.07) is 98.5. The van der Waals surface area contributed by atoms with Crippen LogP contribution in [-0.2, 0) is 0 Å². The number of hydrogen-bond acceptors (Lipinski definition) is 0. The van der Waals surface area contributed by atoms with Gasteiger partial charge in [-0.25, -0.2) is 0 Å². The zero-order valence-corrected chi connectivity index (χ0v) is 37.4. The van der Waals surface area contributed by atoms with Crippen LogP contribution >= 0.6 is 0 Å². The van der Waals surface area contributed by atoms with Crippen LogP contribution in [0.3, 0.4) is 0 Å². The first-order chi connectivity index (χ1) is 33.7. The zero-order chi connectivity index (χ0) is 45.0. The van der Waals surface area contributed by atoms with Crippen molar-refractivity contribution in [2.75, 3.05) is 0 Å². The molecule has 13 rings (SSSR count). The first-order valence-electron chi connectivity index (χ1n) is 23.6. The average molecular weight is 861 g/mol. The quantitative estimate of drug-likeness (QED) is 0.111. The molecule has 0 saturated carbocycles. The molecule has 0 aliphatic carbocycles. The van der Waals surface area contributed by atoms with Gasteiger partial charge in [-0.2, -0.15) is 0 Å². The summed E-state index contributed by atoms with van der Waals surface area (Å²) < 4.78 is 0. The number of hydrogen-bond donors (Lipinski definition) is 0. The predicted octanol–water partition coefficient (Wildman–Crippen LogP) is 19.1. The summed E-state index contributed by atoms with van der Waals surface area (Å²) in [4.78, 5) is 0. The molecule has 0 atom stereocenters. The van der Waals surface area contributed by atoms with Crippen LogP contribution < -0.4 is 0 Å². The fourth-order valence-corrected chi connectivity index (χ4v) is 10.8. The smallest absolute Gasteiger partial charge is 0.00199 e. The van der Waals surface area contributed by atoms with E-state index >= 15 is 0 Å². The monoisotopic (exact) mass is 860 g/mol. The van der Waals surface area contributed by atoms with Crippen molar-refractivity contribution in [1.82, 2.24) is 0 Å². The summed E-state index contributed by atoms with van der Waals surface area (Å²) in [6.45, 7) is 0. The Bertz CT molecular complexity index is 3940. The lowest BCUT2D eigenvalue weighted by molar-refractivity contribution is 1.55. The van der Waals surface area contributed by atoms with Crippen molar-refractivity contribution in [3.05, 3.63) is 267 Å². The molecule has 0 heterocycles. The highest BCUT2D eigenvalue weighted by Crippen LogP contribution is 2.48. The number of rotatable bonds is 7. The van der Waals surface area contributed by atoms with E-state index in [9.17, 15) is 0 Å². The van der Waals surface area contributed by atoms with Gasteiger partial charge in [-0.1, -0.05) is 218 Å². The molecule has 316 valence electrons. The molecule has 0 fully saturated rings. The maximum Gasteiger partial charge on any atom is -0.00199 e. The lowest BCUT2D eigenvalue weighted by Gasteiger charge is -2.21. The maximum atomic E-state index is 2.44. The maximum absolute atomic E-state index is 2.44. The average Bonchev–Trinajstić information content (AvgIpc) is 3.42. The molecule has 0 saturated heterocycles. The molecule has 0 bridgehead atoms. The van der Waals surface area contributed by atoms with Crippen LogP contribution in [0.2, 0.25) is 0 Å². The highest BCUT2D eigenvalue weighted by atomic mass is 14.2. The third kappa shape index (κ3) is 6.86. The van der Waals surface area contributed by atoms with Crippen LogP contribution in [0.5, 0.6) is 0 Å². The summed E-state index contributed by atoms with van der Waals surface area (Å²) >= 11 is 0. The van der Waals surface area contributed by atoms with Crippen LogP contribution in [0.1, 0.15) is 0 Å². The van der Waals surface area contributed by atoms with Gasteiger partial charge in [-0.05, 0) is 180 Å². The van der Waals surface area contributed by atoms with Crippen molar-refractivity contribution < 1.29 is 0 Å². The molecule has 0 aliphatic heterocycles. The van der Waals surface area contributed by atoms with Gasteiger partial charge in [-0.15, -0.1) is 0 Å². The largest absolute Gasteiger partial charge is 0.0622 e. The first kappa shape index (κ1) is 39.5. The van der Waals surface area contributed by atoms with E-state index in [1.54, 1.807) is 0 Å². The fraction of sp³-hybridized carbons (Fsp3) is 0. The van der Waals surface area contributed by atoms with Gasteiger partial charge >= 0.3 is 0 Å². The summed E-state index contributed by atoms with van der Waals surface area (Å²) in [6.07, 6.45) is 0. The molecule has 0 radical (unpaired) electrons. The van der Waals surface area contributed by atoms with Crippen molar-refractivity contribution in [3.63, 3.8) is 0 Å². The van der Waals surface area contributed by atoms with Gasteiger partial charge in [0.05, 0.1) is 0 Å². The highest BCUT2D eigenvalue weighted by Gasteiger charge is 2.21. The molecule has 0 aliphatic rings. The third-order valence-corrected chi connectivity index (χ3v) is 14.0. The van der Waals surface area contributed by atoms with E-state index in [1.165, 1.54) is 132 Å². The Morgan fingerprint density at radius 2 is 0.500 bits per heavy atom. The first-order valence-corrected chi connectivity index (χ1v) is 23.6. The van der Waals surface area contributed by atoms with Crippen LogP contribution in [0.25, 0.3) is 132 Å². The summed E-state index contributed by atoms with van der Waals surface area (Å²) in [5, 5.41) is 12.6. The van der Waals surface area contributed by atoms with E-state index in [0.717, 1.165) is 0 Å². The summed E-state index contributed by atoms with van der Waals surface area (Å²) in [5.74, 6) is 0. The van der Waals surface area contributed by atoms with E-state index in [-0.39, 0.29) is 0 Å². The SMILES string of the molecule is c1ccc(-c2cc(-c3ccccc3)cc(-c3cccc(-c4cc(-c5ccccc5)cc(-c5c6ccccc6c(-c6cc7ccc8ccccc8c7c7ccccc67)c6ccccc56)c4)c3)c2)cc1. The van der Waals surface area contributed by atoms with Crippen LogP contribution in [-0.4, -0.2) is 0 Å². The van der Waals surface area contributed by atoms with Gasteiger partial charge in [0.15, 0.2) is 0 Å². The molecule has 68 heavy (non-hydrogen) atoms. The molecular formula is C68H44. The van der Waals surface area contributed by atoms with Gasteiger partial charge in [0.2, 0.25) is 0 Å².